The molecule has 2 atom stereocenters. The molecule has 2 aliphatic rings. The number of nitro groups is 1. The van der Waals surface area contributed by atoms with Gasteiger partial charge in [-0.2, -0.15) is 0 Å². The first kappa shape index (κ1) is 17.5. The third kappa shape index (κ3) is 3.68. The molecule has 1 aromatic carbocycles. The zero-order chi connectivity index (χ0) is 18.0. The van der Waals surface area contributed by atoms with Crippen LogP contribution in [0.3, 0.4) is 0 Å². The van der Waals surface area contributed by atoms with Crippen molar-refractivity contribution >= 4 is 11.6 Å². The smallest absolute Gasteiger partial charge is 0.286 e. The first-order valence-electron chi connectivity index (χ1n) is 8.58. The molecule has 3 rings (SSSR count). The largest absolute Gasteiger partial charge is 0.493 e. The third-order valence-corrected chi connectivity index (χ3v) is 4.83. The summed E-state index contributed by atoms with van der Waals surface area (Å²) in [5.74, 6) is 0.123. The molecule has 0 radical (unpaired) electrons. The van der Waals surface area contributed by atoms with Crippen molar-refractivity contribution in [2.75, 3.05) is 13.7 Å². The molecule has 0 saturated carbocycles. The summed E-state index contributed by atoms with van der Waals surface area (Å²) < 4.78 is 10.6. The predicted octanol–water partition coefficient (Wildman–Crippen LogP) is 2.01. The first-order chi connectivity index (χ1) is 12.0. The number of hydrogen-bond donors (Lipinski definition) is 2. The number of fused-ring (bicyclic) bond motifs is 2. The number of nitrogens with one attached hydrogen (secondary N) is 2. The lowest BCUT2D eigenvalue weighted by Gasteiger charge is -2.29. The fourth-order valence-corrected chi connectivity index (χ4v) is 3.75. The summed E-state index contributed by atoms with van der Waals surface area (Å²) in [6, 6.07) is 3.52. The van der Waals surface area contributed by atoms with E-state index in [1.165, 1.54) is 19.2 Å². The van der Waals surface area contributed by atoms with E-state index in [2.05, 4.69) is 10.6 Å². The van der Waals surface area contributed by atoms with E-state index in [1.54, 1.807) is 6.92 Å². The van der Waals surface area contributed by atoms with Crippen molar-refractivity contribution in [1.29, 1.82) is 0 Å². The van der Waals surface area contributed by atoms with E-state index < -0.39 is 10.8 Å². The van der Waals surface area contributed by atoms with Crippen molar-refractivity contribution in [2.24, 2.45) is 0 Å². The van der Waals surface area contributed by atoms with E-state index in [1.807, 2.05) is 0 Å². The molecule has 2 saturated heterocycles. The van der Waals surface area contributed by atoms with Gasteiger partial charge in [0.25, 0.3) is 11.6 Å². The summed E-state index contributed by atoms with van der Waals surface area (Å²) in [4.78, 5) is 23.5. The highest BCUT2D eigenvalue weighted by Gasteiger charge is 2.35. The second-order valence-corrected chi connectivity index (χ2v) is 6.49. The topological polar surface area (TPSA) is 103 Å². The van der Waals surface area contributed by atoms with Crippen LogP contribution in [-0.4, -0.2) is 42.7 Å². The molecule has 2 aliphatic heterocycles. The Morgan fingerprint density at radius 3 is 2.56 bits per heavy atom. The number of nitro benzene ring substituents is 1. The minimum absolute atomic E-state index is 0.000120. The molecule has 2 heterocycles. The maximum absolute atomic E-state index is 12.7. The van der Waals surface area contributed by atoms with Crippen molar-refractivity contribution < 1.29 is 19.2 Å². The Labute approximate surface area is 146 Å². The zero-order valence-electron chi connectivity index (χ0n) is 14.4. The van der Waals surface area contributed by atoms with E-state index >= 15 is 0 Å². The number of nitrogens with zero attached hydrogens (tertiary/aromatic N) is 1. The fraction of sp³-hybridized carbons (Fsp3) is 0.588. The number of rotatable bonds is 6. The molecule has 8 heteroatoms. The molecule has 2 bridgehead atoms. The van der Waals surface area contributed by atoms with Crippen LogP contribution in [0.15, 0.2) is 12.1 Å². The lowest BCUT2D eigenvalue weighted by Crippen LogP contribution is -2.48. The van der Waals surface area contributed by atoms with Gasteiger partial charge in [0.15, 0.2) is 11.5 Å². The number of carbonyl (C=O) groups excluding carboxylic acids is 1. The van der Waals surface area contributed by atoms with Crippen molar-refractivity contribution in [2.45, 2.75) is 50.7 Å². The fourth-order valence-electron chi connectivity index (χ4n) is 3.75. The zero-order valence-corrected chi connectivity index (χ0v) is 14.4. The maximum atomic E-state index is 12.7. The minimum Gasteiger partial charge on any atom is -0.493 e. The number of methoxy groups -OCH3 is 1. The Kier molecular flexibility index (Phi) is 5.08. The van der Waals surface area contributed by atoms with Crippen LogP contribution in [0.1, 0.15) is 43.0 Å². The molecule has 0 aliphatic carbocycles. The van der Waals surface area contributed by atoms with E-state index in [-0.39, 0.29) is 23.0 Å². The van der Waals surface area contributed by atoms with Gasteiger partial charge in [-0.05, 0) is 32.6 Å². The number of ether oxygens (including phenoxy) is 2. The second-order valence-electron chi connectivity index (χ2n) is 6.49. The average Bonchev–Trinajstić information content (AvgIpc) is 2.93. The molecule has 1 amide bonds. The molecule has 2 fully saturated rings. The van der Waals surface area contributed by atoms with Gasteiger partial charge in [-0.1, -0.05) is 0 Å². The SMILES string of the molecule is CCOc1cc(C(=O)NC2CC3CCC(C2)N3)c([N+](=O)[O-])cc1OC. The van der Waals surface area contributed by atoms with Crippen LogP contribution in [0, 0.1) is 10.1 Å². The normalized spacial score (nSPS) is 24.6. The van der Waals surface area contributed by atoms with Crippen molar-refractivity contribution in [3.63, 3.8) is 0 Å². The first-order valence-corrected chi connectivity index (χ1v) is 8.58. The highest BCUT2D eigenvalue weighted by Crippen LogP contribution is 2.35. The number of hydrogen-bond acceptors (Lipinski definition) is 6. The van der Waals surface area contributed by atoms with Crippen LogP contribution in [0.25, 0.3) is 0 Å². The monoisotopic (exact) mass is 349 g/mol. The van der Waals surface area contributed by atoms with Gasteiger partial charge in [-0.15, -0.1) is 0 Å². The van der Waals surface area contributed by atoms with Crippen LogP contribution in [0.5, 0.6) is 11.5 Å². The van der Waals surface area contributed by atoms with Crippen LogP contribution in [-0.2, 0) is 0 Å². The Bertz CT molecular complexity index is 666. The van der Waals surface area contributed by atoms with Gasteiger partial charge in [0.1, 0.15) is 5.56 Å². The molecule has 2 unspecified atom stereocenters. The summed E-state index contributed by atoms with van der Waals surface area (Å²) >= 11 is 0. The molecule has 136 valence electrons. The third-order valence-electron chi connectivity index (χ3n) is 4.83. The number of amides is 1. The van der Waals surface area contributed by atoms with Gasteiger partial charge < -0.3 is 20.1 Å². The predicted molar refractivity (Wildman–Crippen MR) is 91.3 cm³/mol. The number of piperidine rings is 1. The van der Waals surface area contributed by atoms with Gasteiger partial charge in [0.05, 0.1) is 24.7 Å². The Hall–Kier alpha value is -2.35. The summed E-state index contributed by atoms with van der Waals surface area (Å²) in [6.45, 7) is 2.16. The molecule has 25 heavy (non-hydrogen) atoms. The number of benzene rings is 1. The lowest BCUT2D eigenvalue weighted by atomic mass is 9.99. The maximum Gasteiger partial charge on any atom is 0.286 e. The second kappa shape index (κ2) is 7.26. The molecule has 2 N–H and O–H groups in total. The van der Waals surface area contributed by atoms with E-state index in [9.17, 15) is 14.9 Å². The van der Waals surface area contributed by atoms with Crippen LogP contribution in [0.2, 0.25) is 0 Å². The van der Waals surface area contributed by atoms with E-state index in [4.69, 9.17) is 9.47 Å². The molecular weight excluding hydrogens is 326 g/mol. The van der Waals surface area contributed by atoms with Gasteiger partial charge in [0.2, 0.25) is 0 Å². The lowest BCUT2D eigenvalue weighted by molar-refractivity contribution is -0.385. The Morgan fingerprint density at radius 1 is 1.32 bits per heavy atom. The minimum atomic E-state index is -0.570. The van der Waals surface area contributed by atoms with Crippen LogP contribution >= 0.6 is 0 Å². The summed E-state index contributed by atoms with van der Waals surface area (Å²) in [7, 11) is 1.41. The molecule has 0 aromatic heterocycles. The summed E-state index contributed by atoms with van der Waals surface area (Å²) in [5, 5.41) is 17.9. The van der Waals surface area contributed by atoms with Crippen molar-refractivity contribution in [3.8, 4) is 11.5 Å². The molecule has 8 nitrogen and oxygen atoms in total. The van der Waals surface area contributed by atoms with Gasteiger partial charge in [0, 0.05) is 24.2 Å². The van der Waals surface area contributed by atoms with Crippen molar-refractivity contribution in [3.05, 3.63) is 27.8 Å². The summed E-state index contributed by atoms with van der Waals surface area (Å²) in [5.41, 5.74) is -0.283. The molecule has 0 spiro atoms. The Balaban J connectivity index is 1.84. The Morgan fingerprint density at radius 2 is 2.00 bits per heavy atom. The molecule has 1 aromatic rings. The van der Waals surface area contributed by atoms with Crippen LogP contribution < -0.4 is 20.1 Å². The van der Waals surface area contributed by atoms with E-state index in [0.717, 1.165) is 25.7 Å². The quantitative estimate of drug-likeness (QED) is 0.602. The van der Waals surface area contributed by atoms with Gasteiger partial charge in [-0.3, -0.25) is 14.9 Å². The van der Waals surface area contributed by atoms with E-state index in [0.29, 0.717) is 24.4 Å². The summed E-state index contributed by atoms with van der Waals surface area (Å²) in [6.07, 6.45) is 3.94. The highest BCUT2D eigenvalue weighted by molar-refractivity contribution is 5.99. The average molecular weight is 349 g/mol. The molecular formula is C17H23N3O5. The van der Waals surface area contributed by atoms with Crippen molar-refractivity contribution in [1.82, 2.24) is 10.6 Å². The van der Waals surface area contributed by atoms with Gasteiger partial charge in [-0.25, -0.2) is 0 Å². The van der Waals surface area contributed by atoms with Crippen LogP contribution in [0.4, 0.5) is 5.69 Å². The standard InChI is InChI=1S/C17H23N3O5/c1-3-25-16-8-13(14(20(22)23)9-15(16)24-2)17(21)19-12-6-10-4-5-11(7-12)18-10/h8-12,18H,3-7H2,1-2H3,(H,19,21). The highest BCUT2D eigenvalue weighted by atomic mass is 16.6. The van der Waals surface area contributed by atoms with Gasteiger partial charge >= 0.3 is 0 Å². The number of carbonyl (C=O) groups is 1.